The second kappa shape index (κ2) is 7.23. The molecule has 1 rings (SSSR count). The minimum absolute atomic E-state index is 0.0415. The van der Waals surface area contributed by atoms with Crippen molar-refractivity contribution in [3.05, 3.63) is 28.8 Å². The third kappa shape index (κ3) is 3.93. The van der Waals surface area contributed by atoms with E-state index in [0.29, 0.717) is 16.3 Å². The molecule has 0 saturated carbocycles. The standard InChI is InChI=1S/C13H18ClN3O3/c1-17(2)13(19)9-5-4-8(14)6-10(9)16-12(18)11(7-15)20-3/h4-6,11H,7,15H2,1-3H3,(H,16,18). The summed E-state index contributed by atoms with van der Waals surface area (Å²) in [5.41, 5.74) is 6.10. The van der Waals surface area contributed by atoms with Gasteiger partial charge < -0.3 is 20.7 Å². The van der Waals surface area contributed by atoms with Gasteiger partial charge in [0.05, 0.1) is 11.3 Å². The van der Waals surface area contributed by atoms with E-state index in [2.05, 4.69) is 5.32 Å². The Labute approximate surface area is 122 Å². The fraction of sp³-hybridized carbons (Fsp3) is 0.385. The molecule has 1 atom stereocenters. The molecule has 0 aromatic heterocycles. The maximum Gasteiger partial charge on any atom is 0.255 e. The predicted octanol–water partition coefficient (Wildman–Crippen LogP) is 0.954. The zero-order valence-corrected chi connectivity index (χ0v) is 12.4. The second-order valence-corrected chi connectivity index (χ2v) is 4.78. The average Bonchev–Trinajstić information content (AvgIpc) is 2.39. The summed E-state index contributed by atoms with van der Waals surface area (Å²) in [4.78, 5) is 25.4. The summed E-state index contributed by atoms with van der Waals surface area (Å²) in [6.07, 6.45) is -0.781. The highest BCUT2D eigenvalue weighted by atomic mass is 35.5. The maximum atomic E-state index is 12.0. The van der Waals surface area contributed by atoms with E-state index < -0.39 is 12.0 Å². The van der Waals surface area contributed by atoms with Crippen LogP contribution in [0.4, 0.5) is 5.69 Å². The lowest BCUT2D eigenvalue weighted by Gasteiger charge is -2.17. The van der Waals surface area contributed by atoms with Gasteiger partial charge in [0.15, 0.2) is 0 Å². The molecule has 0 aliphatic carbocycles. The van der Waals surface area contributed by atoms with E-state index in [9.17, 15) is 9.59 Å². The van der Waals surface area contributed by atoms with E-state index in [1.54, 1.807) is 26.2 Å². The fourth-order valence-electron chi connectivity index (χ4n) is 1.57. The Kier molecular flexibility index (Phi) is 5.94. The van der Waals surface area contributed by atoms with Crippen LogP contribution in [0.5, 0.6) is 0 Å². The fourth-order valence-corrected chi connectivity index (χ4v) is 1.74. The van der Waals surface area contributed by atoms with Gasteiger partial charge in [-0.05, 0) is 18.2 Å². The lowest BCUT2D eigenvalue weighted by molar-refractivity contribution is -0.125. The van der Waals surface area contributed by atoms with Gasteiger partial charge in [0.25, 0.3) is 11.8 Å². The molecule has 0 aliphatic rings. The van der Waals surface area contributed by atoms with Crippen LogP contribution in [0.15, 0.2) is 18.2 Å². The van der Waals surface area contributed by atoms with Crippen LogP contribution in [0, 0.1) is 0 Å². The van der Waals surface area contributed by atoms with Gasteiger partial charge in [-0.25, -0.2) is 0 Å². The van der Waals surface area contributed by atoms with E-state index in [1.165, 1.54) is 18.1 Å². The molecule has 110 valence electrons. The first kappa shape index (κ1) is 16.4. The number of rotatable bonds is 5. The summed E-state index contributed by atoms with van der Waals surface area (Å²) in [6, 6.07) is 4.66. The van der Waals surface area contributed by atoms with Crippen molar-refractivity contribution in [1.82, 2.24) is 4.90 Å². The van der Waals surface area contributed by atoms with Crippen LogP contribution < -0.4 is 11.1 Å². The van der Waals surface area contributed by atoms with Crippen molar-refractivity contribution in [3.63, 3.8) is 0 Å². The van der Waals surface area contributed by atoms with Crippen LogP contribution in [-0.2, 0) is 9.53 Å². The van der Waals surface area contributed by atoms with Crippen molar-refractivity contribution in [2.75, 3.05) is 33.1 Å². The second-order valence-electron chi connectivity index (χ2n) is 4.34. The first-order valence-corrected chi connectivity index (χ1v) is 6.33. The number of hydrogen-bond donors (Lipinski definition) is 2. The molecular weight excluding hydrogens is 282 g/mol. The number of benzene rings is 1. The number of carbonyl (C=O) groups is 2. The lowest BCUT2D eigenvalue weighted by atomic mass is 10.1. The number of anilines is 1. The van der Waals surface area contributed by atoms with Crippen LogP contribution in [0.2, 0.25) is 5.02 Å². The molecule has 6 nitrogen and oxygen atoms in total. The zero-order chi connectivity index (χ0) is 15.3. The Morgan fingerprint density at radius 3 is 2.60 bits per heavy atom. The van der Waals surface area contributed by atoms with Crippen molar-refractivity contribution in [1.29, 1.82) is 0 Å². The number of ether oxygens (including phenoxy) is 1. The Hall–Kier alpha value is -1.63. The number of nitrogens with one attached hydrogen (secondary N) is 1. The molecular formula is C13H18ClN3O3. The third-order valence-corrected chi connectivity index (χ3v) is 2.90. The zero-order valence-electron chi connectivity index (χ0n) is 11.6. The number of nitrogens with zero attached hydrogens (tertiary/aromatic N) is 1. The Bertz CT molecular complexity index is 502. The van der Waals surface area contributed by atoms with E-state index in [1.807, 2.05) is 0 Å². The molecule has 0 saturated heterocycles. The minimum atomic E-state index is -0.781. The molecule has 1 aromatic rings. The smallest absolute Gasteiger partial charge is 0.255 e. The van der Waals surface area contributed by atoms with Crippen LogP contribution in [0.1, 0.15) is 10.4 Å². The normalized spacial score (nSPS) is 11.8. The molecule has 1 unspecified atom stereocenters. The number of methoxy groups -OCH3 is 1. The highest BCUT2D eigenvalue weighted by molar-refractivity contribution is 6.31. The summed E-state index contributed by atoms with van der Waals surface area (Å²) in [5, 5.41) is 3.03. The lowest BCUT2D eigenvalue weighted by Crippen LogP contribution is -2.36. The summed E-state index contributed by atoms with van der Waals surface area (Å²) in [6.45, 7) is 0.0415. The summed E-state index contributed by atoms with van der Waals surface area (Å²) in [7, 11) is 4.64. The largest absolute Gasteiger partial charge is 0.370 e. The van der Waals surface area contributed by atoms with Gasteiger partial charge in [0.2, 0.25) is 0 Å². The summed E-state index contributed by atoms with van der Waals surface area (Å²) < 4.78 is 4.95. The van der Waals surface area contributed by atoms with Crippen molar-refractivity contribution < 1.29 is 14.3 Å². The number of nitrogens with two attached hydrogens (primary N) is 1. The first-order chi connectivity index (χ1) is 9.40. The number of hydrogen-bond acceptors (Lipinski definition) is 4. The molecule has 2 amide bonds. The molecule has 0 radical (unpaired) electrons. The molecule has 20 heavy (non-hydrogen) atoms. The quantitative estimate of drug-likeness (QED) is 0.848. The Morgan fingerprint density at radius 1 is 1.45 bits per heavy atom. The minimum Gasteiger partial charge on any atom is -0.370 e. The van der Waals surface area contributed by atoms with Gasteiger partial charge >= 0.3 is 0 Å². The predicted molar refractivity (Wildman–Crippen MR) is 78.0 cm³/mol. The van der Waals surface area contributed by atoms with Gasteiger partial charge in [0.1, 0.15) is 6.10 Å². The number of carbonyl (C=O) groups excluding carboxylic acids is 2. The molecule has 0 aliphatic heterocycles. The van der Waals surface area contributed by atoms with Crippen LogP contribution >= 0.6 is 11.6 Å². The van der Waals surface area contributed by atoms with E-state index >= 15 is 0 Å². The van der Waals surface area contributed by atoms with Gasteiger partial charge in [0, 0.05) is 32.8 Å². The van der Waals surface area contributed by atoms with Gasteiger partial charge in [-0.3, -0.25) is 9.59 Å². The van der Waals surface area contributed by atoms with Gasteiger partial charge in [-0.15, -0.1) is 0 Å². The molecule has 0 fully saturated rings. The van der Waals surface area contributed by atoms with Crippen LogP contribution in [-0.4, -0.2) is 50.6 Å². The highest BCUT2D eigenvalue weighted by Crippen LogP contribution is 2.22. The van der Waals surface area contributed by atoms with E-state index in [0.717, 1.165) is 0 Å². The van der Waals surface area contributed by atoms with Crippen LogP contribution in [0.25, 0.3) is 0 Å². The molecule has 0 spiro atoms. The molecule has 1 aromatic carbocycles. The topological polar surface area (TPSA) is 84.7 Å². The van der Waals surface area contributed by atoms with E-state index in [-0.39, 0.29) is 12.5 Å². The van der Waals surface area contributed by atoms with Crippen molar-refractivity contribution in [2.45, 2.75) is 6.10 Å². The monoisotopic (exact) mass is 299 g/mol. The third-order valence-electron chi connectivity index (χ3n) is 2.67. The molecule has 0 bridgehead atoms. The SMILES string of the molecule is COC(CN)C(=O)Nc1cc(Cl)ccc1C(=O)N(C)C. The Balaban J connectivity index is 3.07. The van der Waals surface area contributed by atoms with Crippen LogP contribution in [0.3, 0.4) is 0 Å². The van der Waals surface area contributed by atoms with Crippen molar-refractivity contribution >= 4 is 29.1 Å². The number of halogens is 1. The van der Waals surface area contributed by atoms with E-state index in [4.69, 9.17) is 22.1 Å². The number of amides is 2. The molecule has 3 N–H and O–H groups in total. The maximum absolute atomic E-state index is 12.0. The molecule has 0 heterocycles. The summed E-state index contributed by atoms with van der Waals surface area (Å²) >= 11 is 5.90. The van der Waals surface area contributed by atoms with Gasteiger partial charge in [-0.2, -0.15) is 0 Å². The van der Waals surface area contributed by atoms with Gasteiger partial charge in [-0.1, -0.05) is 11.6 Å². The molecule has 7 heteroatoms. The average molecular weight is 300 g/mol. The highest BCUT2D eigenvalue weighted by Gasteiger charge is 2.20. The van der Waals surface area contributed by atoms with Crippen molar-refractivity contribution in [3.8, 4) is 0 Å². The van der Waals surface area contributed by atoms with Crippen molar-refractivity contribution in [2.24, 2.45) is 5.73 Å². The summed E-state index contributed by atoms with van der Waals surface area (Å²) in [5.74, 6) is -0.663. The first-order valence-electron chi connectivity index (χ1n) is 5.95. The Morgan fingerprint density at radius 2 is 2.10 bits per heavy atom.